The number of Topliss-reactive ketones (excluding diaryl/α,β-unsaturated/α-hetero) is 1. The van der Waals surface area contributed by atoms with Gasteiger partial charge in [-0.15, -0.1) is 0 Å². The average Bonchev–Trinajstić information content (AvgIpc) is 2.61. The molecule has 0 heterocycles. The third-order valence-corrected chi connectivity index (χ3v) is 3.74. The molecule has 2 rings (SSSR count). The summed E-state index contributed by atoms with van der Waals surface area (Å²) >= 11 is 0. The molecule has 26 heavy (non-hydrogen) atoms. The van der Waals surface area contributed by atoms with Crippen LogP contribution in [0, 0.1) is 24.0 Å². The maximum absolute atomic E-state index is 12.5. The molecule has 0 radical (unpaired) electrons. The summed E-state index contributed by atoms with van der Waals surface area (Å²) in [4.78, 5) is 34.7. The fraction of sp³-hybridized carbons (Fsp3) is 0.263. The smallest absolute Gasteiger partial charge is 0.344 e. The molecule has 0 aliphatic rings. The van der Waals surface area contributed by atoms with Gasteiger partial charge >= 0.3 is 11.7 Å². The number of ketones is 1. The molecule has 0 aliphatic carbocycles. The van der Waals surface area contributed by atoms with Crippen molar-refractivity contribution in [1.29, 1.82) is 0 Å². The zero-order valence-corrected chi connectivity index (χ0v) is 14.7. The van der Waals surface area contributed by atoms with Crippen molar-refractivity contribution in [3.63, 3.8) is 0 Å². The minimum atomic E-state index is -0.989. The molecule has 0 fully saturated rings. The SMILES string of the molecule is Cc1ccc(C)c(C(=O)[C@H](C)OC(=O)COc2ccccc2[N+](=O)[O-])c1. The number of aryl methyl sites for hydroxylation is 2. The molecule has 0 aromatic heterocycles. The fourth-order valence-electron chi connectivity index (χ4n) is 2.37. The van der Waals surface area contributed by atoms with Crippen LogP contribution in [0.5, 0.6) is 5.75 Å². The highest BCUT2D eigenvalue weighted by Crippen LogP contribution is 2.25. The second-order valence-corrected chi connectivity index (χ2v) is 5.83. The first-order valence-electron chi connectivity index (χ1n) is 7.96. The van der Waals surface area contributed by atoms with E-state index in [0.717, 1.165) is 11.1 Å². The average molecular weight is 357 g/mol. The van der Waals surface area contributed by atoms with Crippen LogP contribution in [0.15, 0.2) is 42.5 Å². The maximum atomic E-state index is 12.5. The zero-order chi connectivity index (χ0) is 19.3. The lowest BCUT2D eigenvalue weighted by atomic mass is 9.99. The molecule has 0 amide bonds. The van der Waals surface area contributed by atoms with Gasteiger partial charge in [0.2, 0.25) is 5.78 Å². The van der Waals surface area contributed by atoms with E-state index >= 15 is 0 Å². The number of carbonyl (C=O) groups excluding carboxylic acids is 2. The van der Waals surface area contributed by atoms with Crippen LogP contribution in [0.2, 0.25) is 0 Å². The minimum Gasteiger partial charge on any atom is -0.475 e. The van der Waals surface area contributed by atoms with Crippen LogP contribution < -0.4 is 4.74 Å². The molecular weight excluding hydrogens is 338 g/mol. The Morgan fingerprint density at radius 2 is 1.85 bits per heavy atom. The van der Waals surface area contributed by atoms with E-state index in [2.05, 4.69) is 0 Å². The van der Waals surface area contributed by atoms with Crippen LogP contribution in [0.4, 0.5) is 5.69 Å². The van der Waals surface area contributed by atoms with Crippen LogP contribution in [0.25, 0.3) is 0 Å². The van der Waals surface area contributed by atoms with Crippen molar-refractivity contribution in [2.75, 3.05) is 6.61 Å². The number of hydrogen-bond donors (Lipinski definition) is 0. The first-order chi connectivity index (χ1) is 12.3. The third-order valence-electron chi connectivity index (χ3n) is 3.74. The summed E-state index contributed by atoms with van der Waals surface area (Å²) in [5.74, 6) is -1.14. The lowest BCUT2D eigenvalue weighted by Gasteiger charge is -2.14. The van der Waals surface area contributed by atoms with Gasteiger partial charge in [-0.2, -0.15) is 0 Å². The summed E-state index contributed by atoms with van der Waals surface area (Å²) in [5, 5.41) is 10.9. The Hall–Kier alpha value is -3.22. The number of ether oxygens (including phenoxy) is 2. The highest BCUT2D eigenvalue weighted by atomic mass is 16.6. The predicted octanol–water partition coefficient (Wildman–Crippen LogP) is 3.41. The highest BCUT2D eigenvalue weighted by Gasteiger charge is 2.22. The number of rotatable bonds is 7. The monoisotopic (exact) mass is 357 g/mol. The summed E-state index contributed by atoms with van der Waals surface area (Å²) in [7, 11) is 0. The normalized spacial score (nSPS) is 11.5. The Labute approximate surface area is 150 Å². The Balaban J connectivity index is 1.98. The summed E-state index contributed by atoms with van der Waals surface area (Å²) in [5.41, 5.74) is 1.96. The second kappa shape index (κ2) is 8.24. The van der Waals surface area contributed by atoms with Crippen molar-refractivity contribution >= 4 is 17.4 Å². The molecule has 0 N–H and O–H groups in total. The summed E-state index contributed by atoms with van der Waals surface area (Å²) in [6, 6.07) is 11.2. The van der Waals surface area contributed by atoms with E-state index in [1.54, 1.807) is 19.1 Å². The van der Waals surface area contributed by atoms with E-state index in [1.165, 1.54) is 25.1 Å². The molecule has 0 spiro atoms. The molecule has 2 aromatic carbocycles. The standard InChI is InChI=1S/C19H19NO6/c1-12-8-9-13(2)15(10-12)19(22)14(3)26-18(21)11-25-17-7-5-4-6-16(17)20(23)24/h4-10,14H,11H2,1-3H3/t14-/m0/s1. The lowest BCUT2D eigenvalue weighted by Crippen LogP contribution is -2.27. The van der Waals surface area contributed by atoms with Crippen LogP contribution in [0.1, 0.15) is 28.4 Å². The molecule has 136 valence electrons. The number of hydrogen-bond acceptors (Lipinski definition) is 6. The molecule has 0 aliphatic heterocycles. The number of esters is 1. The van der Waals surface area contributed by atoms with Gasteiger partial charge in [-0.05, 0) is 38.5 Å². The van der Waals surface area contributed by atoms with Crippen molar-refractivity contribution in [3.8, 4) is 5.75 Å². The Morgan fingerprint density at radius 1 is 1.15 bits per heavy atom. The first kappa shape index (κ1) is 19.1. The fourth-order valence-corrected chi connectivity index (χ4v) is 2.37. The van der Waals surface area contributed by atoms with E-state index in [9.17, 15) is 19.7 Å². The number of nitrogens with zero attached hydrogens (tertiary/aromatic N) is 1. The number of nitro benzene ring substituents is 1. The first-order valence-corrected chi connectivity index (χ1v) is 7.96. The summed E-state index contributed by atoms with van der Waals surface area (Å²) in [6.45, 7) is 4.62. The van der Waals surface area contributed by atoms with Gasteiger partial charge in [0.05, 0.1) is 4.92 Å². The molecule has 7 heteroatoms. The van der Waals surface area contributed by atoms with Crippen LogP contribution in [-0.2, 0) is 9.53 Å². The minimum absolute atomic E-state index is 0.0389. The number of nitro groups is 1. The molecule has 7 nitrogen and oxygen atoms in total. The van der Waals surface area contributed by atoms with Crippen molar-refractivity contribution in [2.24, 2.45) is 0 Å². The van der Waals surface area contributed by atoms with Gasteiger partial charge in [-0.25, -0.2) is 4.79 Å². The van der Waals surface area contributed by atoms with Gasteiger partial charge in [-0.3, -0.25) is 14.9 Å². The Morgan fingerprint density at radius 3 is 2.54 bits per heavy atom. The van der Waals surface area contributed by atoms with Gasteiger partial charge < -0.3 is 9.47 Å². The predicted molar refractivity (Wildman–Crippen MR) is 94.4 cm³/mol. The summed E-state index contributed by atoms with van der Waals surface area (Å²) < 4.78 is 10.3. The topological polar surface area (TPSA) is 95.7 Å². The van der Waals surface area contributed by atoms with E-state index < -0.39 is 23.6 Å². The van der Waals surface area contributed by atoms with Crippen molar-refractivity contribution < 1.29 is 24.0 Å². The van der Waals surface area contributed by atoms with Gasteiger partial charge in [0, 0.05) is 11.6 Å². The van der Waals surface area contributed by atoms with E-state index in [0.29, 0.717) is 5.56 Å². The highest BCUT2D eigenvalue weighted by molar-refractivity contribution is 6.01. The summed E-state index contributed by atoms with van der Waals surface area (Å²) in [6.07, 6.45) is -0.989. The van der Waals surface area contributed by atoms with Crippen molar-refractivity contribution in [1.82, 2.24) is 0 Å². The number of carbonyl (C=O) groups is 2. The molecule has 0 saturated carbocycles. The molecule has 1 atom stereocenters. The van der Waals surface area contributed by atoms with E-state index in [4.69, 9.17) is 9.47 Å². The molecule has 0 saturated heterocycles. The second-order valence-electron chi connectivity index (χ2n) is 5.83. The van der Waals surface area contributed by atoms with Gasteiger partial charge in [0.25, 0.3) is 0 Å². The van der Waals surface area contributed by atoms with E-state index in [1.807, 2.05) is 19.1 Å². The quantitative estimate of drug-likeness (QED) is 0.326. The van der Waals surface area contributed by atoms with Gasteiger partial charge in [0.1, 0.15) is 0 Å². The number of para-hydroxylation sites is 2. The molecule has 2 aromatic rings. The van der Waals surface area contributed by atoms with Crippen LogP contribution >= 0.6 is 0 Å². The maximum Gasteiger partial charge on any atom is 0.344 e. The largest absolute Gasteiger partial charge is 0.475 e. The van der Waals surface area contributed by atoms with Crippen molar-refractivity contribution in [3.05, 3.63) is 69.3 Å². The molecule has 0 unspecified atom stereocenters. The van der Waals surface area contributed by atoms with Crippen LogP contribution in [-0.4, -0.2) is 29.4 Å². The zero-order valence-electron chi connectivity index (χ0n) is 14.7. The Kier molecular flexibility index (Phi) is 6.06. The van der Waals surface area contributed by atoms with Crippen LogP contribution in [0.3, 0.4) is 0 Å². The Bertz CT molecular complexity index is 846. The lowest BCUT2D eigenvalue weighted by molar-refractivity contribution is -0.385. The van der Waals surface area contributed by atoms with Crippen molar-refractivity contribution in [2.45, 2.75) is 26.9 Å². The van der Waals surface area contributed by atoms with E-state index in [-0.39, 0.29) is 17.2 Å². The third kappa shape index (κ3) is 4.66. The van der Waals surface area contributed by atoms with Gasteiger partial charge in [0.15, 0.2) is 18.5 Å². The number of benzene rings is 2. The molecule has 0 bridgehead atoms. The molecular formula is C19H19NO6. The van der Waals surface area contributed by atoms with Gasteiger partial charge in [-0.1, -0.05) is 29.8 Å².